The number of carboxylic acid groups (broad SMARTS) is 1. The zero-order valence-electron chi connectivity index (χ0n) is 15.0. The van der Waals surface area contributed by atoms with Gasteiger partial charge in [-0.1, -0.05) is 0 Å². The second-order valence-electron chi connectivity index (χ2n) is 8.05. The molecule has 9 heteroatoms. The van der Waals surface area contributed by atoms with Crippen LogP contribution < -0.4 is 0 Å². The number of aryl methyl sites for hydroxylation is 1. The van der Waals surface area contributed by atoms with Gasteiger partial charge in [0.05, 0.1) is 0 Å². The molecule has 1 saturated carbocycles. The highest BCUT2D eigenvalue weighted by atomic mass is 16.4. The molecule has 26 heavy (non-hydrogen) atoms. The zero-order chi connectivity index (χ0) is 18.1. The van der Waals surface area contributed by atoms with Crippen LogP contribution in [0.25, 0.3) is 0 Å². The van der Waals surface area contributed by atoms with Crippen LogP contribution in [-0.2, 0) is 16.1 Å². The number of tetrazole rings is 1. The largest absolute Gasteiger partial charge is 0.480 e. The molecule has 0 aromatic carbocycles. The predicted octanol–water partition coefficient (Wildman–Crippen LogP) is 0.241. The second-order valence-corrected chi connectivity index (χ2v) is 8.05. The smallest absolute Gasteiger partial charge is 0.320 e. The summed E-state index contributed by atoms with van der Waals surface area (Å²) in [5.74, 6) is -0.158. The summed E-state index contributed by atoms with van der Waals surface area (Å²) in [7, 11) is 0. The number of nitrogens with zero attached hydrogens (tertiary/aromatic N) is 6. The Morgan fingerprint density at radius 3 is 2.58 bits per heavy atom. The van der Waals surface area contributed by atoms with Crippen molar-refractivity contribution >= 4 is 11.9 Å². The molecule has 3 fully saturated rings. The van der Waals surface area contributed by atoms with E-state index in [2.05, 4.69) is 20.4 Å². The lowest BCUT2D eigenvalue weighted by molar-refractivity contribution is -0.142. The molecule has 2 saturated heterocycles. The Bertz CT molecular complexity index is 651. The van der Waals surface area contributed by atoms with E-state index in [1.54, 1.807) is 11.0 Å². The normalized spacial score (nSPS) is 25.7. The molecule has 0 bridgehead atoms. The van der Waals surface area contributed by atoms with Crippen LogP contribution >= 0.6 is 0 Å². The molecule has 1 atom stereocenters. The molecule has 1 spiro atoms. The fourth-order valence-electron chi connectivity index (χ4n) is 4.49. The first-order valence-corrected chi connectivity index (χ1v) is 9.53. The number of carbonyl (C=O) groups excluding carboxylic acids is 1. The molecule has 1 amide bonds. The van der Waals surface area contributed by atoms with Crippen LogP contribution in [-0.4, -0.2) is 79.2 Å². The van der Waals surface area contributed by atoms with Crippen molar-refractivity contribution in [2.24, 2.45) is 11.3 Å². The maximum atomic E-state index is 12.3. The minimum absolute atomic E-state index is 0.0399. The molecule has 2 aliphatic heterocycles. The number of likely N-dealkylation sites (tertiary alicyclic amines) is 2. The summed E-state index contributed by atoms with van der Waals surface area (Å²) in [6.45, 7) is 3.78. The number of carbonyl (C=O) groups is 2. The maximum Gasteiger partial charge on any atom is 0.320 e. The third-order valence-electron chi connectivity index (χ3n) is 6.18. The van der Waals surface area contributed by atoms with Crippen LogP contribution in [0, 0.1) is 11.3 Å². The summed E-state index contributed by atoms with van der Waals surface area (Å²) in [6, 6.07) is -0.422. The molecule has 1 aliphatic carbocycles. The van der Waals surface area contributed by atoms with Crippen molar-refractivity contribution in [2.45, 2.75) is 51.1 Å². The maximum absolute atomic E-state index is 12.3. The van der Waals surface area contributed by atoms with E-state index < -0.39 is 12.0 Å². The number of piperidine rings is 1. The predicted molar refractivity (Wildman–Crippen MR) is 91.0 cm³/mol. The molecule has 3 heterocycles. The molecule has 4 rings (SSSR count). The lowest BCUT2D eigenvalue weighted by Crippen LogP contribution is -2.44. The Kier molecular flexibility index (Phi) is 4.64. The van der Waals surface area contributed by atoms with Gasteiger partial charge in [-0.2, -0.15) is 0 Å². The first-order valence-electron chi connectivity index (χ1n) is 9.53. The first kappa shape index (κ1) is 17.4. The van der Waals surface area contributed by atoms with Crippen LogP contribution in [0.2, 0.25) is 0 Å². The molecule has 1 N–H and O–H groups in total. The summed E-state index contributed by atoms with van der Waals surface area (Å²) in [5, 5.41) is 20.7. The van der Waals surface area contributed by atoms with Gasteiger partial charge in [0.15, 0.2) is 0 Å². The third kappa shape index (κ3) is 3.58. The van der Waals surface area contributed by atoms with Crippen molar-refractivity contribution in [3.8, 4) is 0 Å². The van der Waals surface area contributed by atoms with Crippen molar-refractivity contribution in [3.63, 3.8) is 0 Å². The highest BCUT2D eigenvalue weighted by molar-refractivity contribution is 5.81. The van der Waals surface area contributed by atoms with E-state index >= 15 is 0 Å². The van der Waals surface area contributed by atoms with E-state index in [1.165, 1.54) is 0 Å². The quantitative estimate of drug-likeness (QED) is 0.773. The number of aliphatic carboxylic acids is 1. The van der Waals surface area contributed by atoms with Gasteiger partial charge in [-0.3, -0.25) is 14.5 Å². The van der Waals surface area contributed by atoms with E-state index in [1.807, 2.05) is 4.90 Å². The monoisotopic (exact) mass is 362 g/mol. The van der Waals surface area contributed by atoms with Crippen molar-refractivity contribution in [2.75, 3.05) is 26.2 Å². The summed E-state index contributed by atoms with van der Waals surface area (Å²) in [6.07, 6.45) is 6.99. The van der Waals surface area contributed by atoms with Gasteiger partial charge in [0.1, 0.15) is 12.4 Å². The van der Waals surface area contributed by atoms with Crippen LogP contribution in [0.15, 0.2) is 6.33 Å². The van der Waals surface area contributed by atoms with Crippen molar-refractivity contribution in [1.29, 1.82) is 0 Å². The second kappa shape index (κ2) is 6.94. The van der Waals surface area contributed by atoms with Gasteiger partial charge in [-0.15, -0.1) is 5.10 Å². The number of carboxylic acids is 1. The Labute approximate surface area is 152 Å². The molecular formula is C17H26N6O3. The number of aromatic nitrogens is 4. The van der Waals surface area contributed by atoms with E-state index in [-0.39, 0.29) is 11.3 Å². The zero-order valence-corrected chi connectivity index (χ0v) is 15.0. The number of hydrogen-bond donors (Lipinski definition) is 1. The van der Waals surface area contributed by atoms with Crippen molar-refractivity contribution in [3.05, 3.63) is 6.33 Å². The molecule has 0 radical (unpaired) electrons. The Balaban J connectivity index is 1.33. The van der Waals surface area contributed by atoms with Gasteiger partial charge in [-0.25, -0.2) is 4.68 Å². The Morgan fingerprint density at radius 1 is 1.19 bits per heavy atom. The molecule has 1 aromatic rings. The SMILES string of the molecule is O=C(O)[C@H]1CC2(CCN(C(=O)C3CC3)CC2)CN1CCCn1cnnn1. The van der Waals surface area contributed by atoms with Gasteiger partial charge in [-0.05, 0) is 54.4 Å². The highest BCUT2D eigenvalue weighted by Gasteiger charge is 2.48. The summed E-state index contributed by atoms with van der Waals surface area (Å²) in [4.78, 5) is 28.1. The van der Waals surface area contributed by atoms with Gasteiger partial charge in [0.25, 0.3) is 0 Å². The lowest BCUT2D eigenvalue weighted by atomic mass is 9.76. The van der Waals surface area contributed by atoms with E-state index in [9.17, 15) is 14.7 Å². The van der Waals surface area contributed by atoms with Gasteiger partial charge in [0.2, 0.25) is 5.91 Å². The van der Waals surface area contributed by atoms with Crippen molar-refractivity contribution < 1.29 is 14.7 Å². The Morgan fingerprint density at radius 2 is 1.96 bits per heavy atom. The van der Waals surface area contributed by atoms with Gasteiger partial charge in [0, 0.05) is 38.6 Å². The fraction of sp³-hybridized carbons (Fsp3) is 0.824. The minimum atomic E-state index is -0.735. The average molecular weight is 362 g/mol. The molecule has 1 aromatic heterocycles. The highest BCUT2D eigenvalue weighted by Crippen LogP contribution is 2.44. The number of rotatable bonds is 6. The molecule has 9 nitrogen and oxygen atoms in total. The van der Waals surface area contributed by atoms with Crippen LogP contribution in [0.4, 0.5) is 0 Å². The molecule has 0 unspecified atom stereocenters. The van der Waals surface area contributed by atoms with Crippen molar-refractivity contribution in [1.82, 2.24) is 30.0 Å². The van der Waals surface area contributed by atoms with Crippen LogP contribution in [0.5, 0.6) is 0 Å². The molecular weight excluding hydrogens is 336 g/mol. The summed E-state index contributed by atoms with van der Waals surface area (Å²) >= 11 is 0. The van der Waals surface area contributed by atoms with Gasteiger partial charge >= 0.3 is 5.97 Å². The topological polar surface area (TPSA) is 104 Å². The molecule has 3 aliphatic rings. The standard InChI is InChI=1S/C17H26N6O3/c24-15(13-2-3-13)21-8-4-17(5-9-21)10-14(16(25)26)22(11-17)6-1-7-23-12-18-19-20-23/h12-14H,1-11H2,(H,25,26)/t14-/m1/s1. The molecule has 142 valence electrons. The summed E-state index contributed by atoms with van der Waals surface area (Å²) < 4.78 is 1.67. The van der Waals surface area contributed by atoms with E-state index in [0.717, 1.165) is 58.3 Å². The average Bonchev–Trinajstić information content (AvgIpc) is 3.24. The lowest BCUT2D eigenvalue weighted by Gasteiger charge is -2.39. The van der Waals surface area contributed by atoms with E-state index in [4.69, 9.17) is 0 Å². The van der Waals surface area contributed by atoms with E-state index in [0.29, 0.717) is 18.9 Å². The van der Waals surface area contributed by atoms with Gasteiger partial charge < -0.3 is 10.0 Å². The van der Waals surface area contributed by atoms with Crippen LogP contribution in [0.3, 0.4) is 0 Å². The third-order valence-corrected chi connectivity index (χ3v) is 6.18. The fourth-order valence-corrected chi connectivity index (χ4v) is 4.49. The Hall–Kier alpha value is -2.03. The summed E-state index contributed by atoms with van der Waals surface area (Å²) in [5.41, 5.74) is 0.0399. The van der Waals surface area contributed by atoms with Crippen LogP contribution in [0.1, 0.15) is 38.5 Å². The first-order chi connectivity index (χ1) is 12.6. The minimum Gasteiger partial charge on any atom is -0.480 e. The number of amides is 1. The number of hydrogen-bond acceptors (Lipinski definition) is 6.